The monoisotopic (exact) mass is 258 g/mol. The summed E-state index contributed by atoms with van der Waals surface area (Å²) in [6.45, 7) is 2.90. The summed E-state index contributed by atoms with van der Waals surface area (Å²) < 4.78 is 5.56. The number of benzene rings is 1. The van der Waals surface area contributed by atoms with E-state index in [2.05, 4.69) is 22.2 Å². The number of hydrogen-bond donors (Lipinski definition) is 2. The molecule has 5 heteroatoms. The molecule has 1 aromatic carbocycles. The predicted octanol–water partition coefficient (Wildman–Crippen LogP) is 2.19. The van der Waals surface area contributed by atoms with Crippen LogP contribution < -0.4 is 11.1 Å². The Balaban J connectivity index is 1.88. The molecule has 2 unspecified atom stereocenters. The Morgan fingerprint density at radius 1 is 1.37 bits per heavy atom. The molecule has 1 aromatic heterocycles. The Labute approximate surface area is 112 Å². The average Bonchev–Trinajstić information content (AvgIpc) is 2.38. The molecule has 19 heavy (non-hydrogen) atoms. The molecular formula is C14H18N4O. The quantitative estimate of drug-likeness (QED) is 0.808. The van der Waals surface area contributed by atoms with Crippen LogP contribution in [0.15, 0.2) is 24.5 Å². The van der Waals surface area contributed by atoms with Gasteiger partial charge in [0.2, 0.25) is 0 Å². The van der Waals surface area contributed by atoms with Gasteiger partial charge in [0.15, 0.2) is 0 Å². The first-order valence-corrected chi connectivity index (χ1v) is 6.61. The maximum Gasteiger partial charge on any atom is 0.137 e. The third-order valence-electron chi connectivity index (χ3n) is 3.49. The van der Waals surface area contributed by atoms with Gasteiger partial charge in [-0.2, -0.15) is 0 Å². The highest BCUT2D eigenvalue weighted by Gasteiger charge is 2.20. The van der Waals surface area contributed by atoms with Crippen LogP contribution in [0.3, 0.4) is 0 Å². The summed E-state index contributed by atoms with van der Waals surface area (Å²) in [5.41, 5.74) is 7.37. The van der Waals surface area contributed by atoms with Gasteiger partial charge in [-0.25, -0.2) is 9.97 Å². The summed E-state index contributed by atoms with van der Waals surface area (Å²) >= 11 is 0. The zero-order valence-corrected chi connectivity index (χ0v) is 11.0. The lowest BCUT2D eigenvalue weighted by Crippen LogP contribution is -2.32. The fourth-order valence-corrected chi connectivity index (χ4v) is 2.51. The van der Waals surface area contributed by atoms with Crippen molar-refractivity contribution in [2.45, 2.75) is 31.9 Å². The van der Waals surface area contributed by atoms with Gasteiger partial charge in [-0.3, -0.25) is 0 Å². The lowest BCUT2D eigenvalue weighted by atomic mass is 10.0. The first kappa shape index (κ1) is 12.2. The van der Waals surface area contributed by atoms with E-state index in [1.165, 1.54) is 0 Å². The number of fused-ring (bicyclic) bond motifs is 1. The van der Waals surface area contributed by atoms with Gasteiger partial charge < -0.3 is 15.8 Å². The number of hydrogen-bond acceptors (Lipinski definition) is 5. The molecule has 2 heterocycles. The molecule has 3 N–H and O–H groups in total. The van der Waals surface area contributed by atoms with Crippen molar-refractivity contribution in [1.29, 1.82) is 0 Å². The van der Waals surface area contributed by atoms with Crippen LogP contribution in [-0.4, -0.2) is 28.7 Å². The van der Waals surface area contributed by atoms with E-state index in [4.69, 9.17) is 10.5 Å². The van der Waals surface area contributed by atoms with Gasteiger partial charge in [0.1, 0.15) is 12.1 Å². The van der Waals surface area contributed by atoms with E-state index >= 15 is 0 Å². The van der Waals surface area contributed by atoms with Crippen LogP contribution in [0.4, 0.5) is 11.5 Å². The van der Waals surface area contributed by atoms with Crippen LogP contribution in [0.25, 0.3) is 10.9 Å². The van der Waals surface area contributed by atoms with Gasteiger partial charge in [0, 0.05) is 23.7 Å². The molecule has 2 atom stereocenters. The SMILES string of the molecule is CC1CC(Nc2ncnc3cc(N)ccc23)CCO1. The first-order valence-electron chi connectivity index (χ1n) is 6.61. The highest BCUT2D eigenvalue weighted by Crippen LogP contribution is 2.24. The van der Waals surface area contributed by atoms with Crippen molar-refractivity contribution in [3.63, 3.8) is 0 Å². The zero-order chi connectivity index (χ0) is 13.2. The molecule has 1 saturated heterocycles. The lowest BCUT2D eigenvalue weighted by Gasteiger charge is -2.28. The van der Waals surface area contributed by atoms with Crippen molar-refractivity contribution >= 4 is 22.4 Å². The Kier molecular flexibility index (Phi) is 3.21. The summed E-state index contributed by atoms with van der Waals surface area (Å²) in [4.78, 5) is 8.61. The van der Waals surface area contributed by atoms with E-state index in [0.717, 1.165) is 41.9 Å². The van der Waals surface area contributed by atoms with Gasteiger partial charge in [0.05, 0.1) is 11.6 Å². The fourth-order valence-electron chi connectivity index (χ4n) is 2.51. The lowest BCUT2D eigenvalue weighted by molar-refractivity contribution is 0.0232. The van der Waals surface area contributed by atoms with Gasteiger partial charge >= 0.3 is 0 Å². The summed E-state index contributed by atoms with van der Waals surface area (Å²) in [5.74, 6) is 0.879. The minimum absolute atomic E-state index is 0.301. The maximum absolute atomic E-state index is 5.78. The summed E-state index contributed by atoms with van der Waals surface area (Å²) in [6, 6.07) is 6.12. The van der Waals surface area contributed by atoms with Gasteiger partial charge in [-0.15, -0.1) is 0 Å². The molecule has 1 aliphatic heterocycles. The van der Waals surface area contributed by atoms with Crippen LogP contribution in [0.5, 0.6) is 0 Å². The van der Waals surface area contributed by atoms with Crippen LogP contribution in [-0.2, 0) is 4.74 Å². The second-order valence-electron chi connectivity index (χ2n) is 5.05. The van der Waals surface area contributed by atoms with Crippen LogP contribution in [0.1, 0.15) is 19.8 Å². The number of nitrogens with one attached hydrogen (secondary N) is 1. The van der Waals surface area contributed by atoms with Gasteiger partial charge in [-0.1, -0.05) is 0 Å². The van der Waals surface area contributed by atoms with E-state index in [1.54, 1.807) is 6.33 Å². The zero-order valence-electron chi connectivity index (χ0n) is 11.0. The fraction of sp³-hybridized carbons (Fsp3) is 0.429. The topological polar surface area (TPSA) is 73.1 Å². The molecule has 1 aliphatic rings. The number of ether oxygens (including phenoxy) is 1. The highest BCUT2D eigenvalue weighted by atomic mass is 16.5. The maximum atomic E-state index is 5.78. The van der Waals surface area contributed by atoms with Crippen LogP contribution in [0, 0.1) is 0 Å². The van der Waals surface area contributed by atoms with Gasteiger partial charge in [-0.05, 0) is 38.0 Å². The molecule has 100 valence electrons. The van der Waals surface area contributed by atoms with Crippen molar-refractivity contribution in [3.05, 3.63) is 24.5 Å². The third kappa shape index (κ3) is 2.61. The molecule has 3 rings (SSSR count). The normalized spacial score (nSPS) is 23.4. The van der Waals surface area contributed by atoms with Crippen LogP contribution >= 0.6 is 0 Å². The Bertz CT molecular complexity index is 587. The van der Waals surface area contributed by atoms with E-state index < -0.39 is 0 Å². The summed E-state index contributed by atoms with van der Waals surface area (Å²) in [6.07, 6.45) is 3.88. The highest BCUT2D eigenvalue weighted by molar-refractivity contribution is 5.90. The van der Waals surface area contributed by atoms with E-state index in [1.807, 2.05) is 18.2 Å². The van der Waals surface area contributed by atoms with Crippen molar-refractivity contribution in [1.82, 2.24) is 9.97 Å². The molecule has 0 amide bonds. The number of nitrogens with two attached hydrogens (primary N) is 1. The smallest absolute Gasteiger partial charge is 0.137 e. The number of nitrogens with zero attached hydrogens (tertiary/aromatic N) is 2. The average molecular weight is 258 g/mol. The standard InChI is InChI=1S/C14H18N4O/c1-9-6-11(4-5-19-9)18-14-12-3-2-10(15)7-13(12)16-8-17-14/h2-3,7-9,11H,4-6,15H2,1H3,(H,16,17,18). The molecule has 1 fully saturated rings. The molecule has 0 spiro atoms. The van der Waals surface area contributed by atoms with Crippen molar-refractivity contribution < 1.29 is 4.74 Å². The minimum atomic E-state index is 0.301. The van der Waals surface area contributed by atoms with Crippen LogP contribution in [0.2, 0.25) is 0 Å². The molecule has 2 aromatic rings. The Morgan fingerprint density at radius 2 is 2.26 bits per heavy atom. The first-order chi connectivity index (χ1) is 9.22. The second-order valence-corrected chi connectivity index (χ2v) is 5.05. The predicted molar refractivity (Wildman–Crippen MR) is 76.0 cm³/mol. The largest absolute Gasteiger partial charge is 0.399 e. The summed E-state index contributed by atoms with van der Waals surface area (Å²) in [7, 11) is 0. The Hall–Kier alpha value is -1.88. The van der Waals surface area contributed by atoms with Crippen molar-refractivity contribution in [3.8, 4) is 0 Å². The number of aromatic nitrogens is 2. The van der Waals surface area contributed by atoms with Gasteiger partial charge in [0.25, 0.3) is 0 Å². The van der Waals surface area contributed by atoms with E-state index in [-0.39, 0.29) is 0 Å². The third-order valence-corrected chi connectivity index (χ3v) is 3.49. The number of anilines is 2. The summed E-state index contributed by atoms with van der Waals surface area (Å²) in [5, 5.41) is 4.51. The molecular weight excluding hydrogens is 240 g/mol. The molecule has 0 saturated carbocycles. The molecule has 0 bridgehead atoms. The number of rotatable bonds is 2. The molecule has 0 aliphatic carbocycles. The Morgan fingerprint density at radius 3 is 3.11 bits per heavy atom. The molecule has 0 radical (unpaired) electrons. The van der Waals surface area contributed by atoms with Crippen molar-refractivity contribution in [2.24, 2.45) is 0 Å². The number of nitrogen functional groups attached to an aromatic ring is 1. The van der Waals surface area contributed by atoms with Crippen molar-refractivity contribution in [2.75, 3.05) is 17.7 Å². The van der Waals surface area contributed by atoms with E-state index in [9.17, 15) is 0 Å². The second kappa shape index (κ2) is 5.01. The molecule has 5 nitrogen and oxygen atoms in total. The minimum Gasteiger partial charge on any atom is -0.399 e. The van der Waals surface area contributed by atoms with E-state index in [0.29, 0.717) is 12.1 Å².